The second-order valence-electron chi connectivity index (χ2n) is 5.24. The van der Waals surface area contributed by atoms with Crippen LogP contribution in [0, 0.1) is 0 Å². The average molecular weight is 286 g/mol. The summed E-state index contributed by atoms with van der Waals surface area (Å²) in [6, 6.07) is 11.1. The van der Waals surface area contributed by atoms with Crippen molar-refractivity contribution >= 4 is 0 Å². The number of nitrogens with one attached hydrogen (secondary N) is 2. The Kier molecular flexibility index (Phi) is 4.99. The SMILES string of the molecule is c1ccc(C(CNCc2ncc[nH]2)N2CCOCC2)cc1. The summed E-state index contributed by atoms with van der Waals surface area (Å²) in [5, 5.41) is 3.51. The van der Waals surface area contributed by atoms with Gasteiger partial charge in [0.25, 0.3) is 0 Å². The first kappa shape index (κ1) is 14.3. The molecule has 2 aromatic rings. The number of nitrogens with zero attached hydrogens (tertiary/aromatic N) is 2. The number of ether oxygens (including phenoxy) is 1. The lowest BCUT2D eigenvalue weighted by Crippen LogP contribution is -2.42. The van der Waals surface area contributed by atoms with Gasteiger partial charge in [0, 0.05) is 38.1 Å². The molecule has 1 aliphatic heterocycles. The van der Waals surface area contributed by atoms with Crippen LogP contribution in [0.4, 0.5) is 0 Å². The Morgan fingerprint density at radius 3 is 2.76 bits per heavy atom. The molecule has 0 amide bonds. The lowest BCUT2D eigenvalue weighted by molar-refractivity contribution is 0.0160. The van der Waals surface area contributed by atoms with Gasteiger partial charge < -0.3 is 15.0 Å². The number of aromatic amines is 1. The third-order valence-electron chi connectivity index (χ3n) is 3.86. The first-order valence-electron chi connectivity index (χ1n) is 7.49. The van der Waals surface area contributed by atoms with Crippen molar-refractivity contribution in [2.45, 2.75) is 12.6 Å². The normalized spacial score (nSPS) is 17.7. The van der Waals surface area contributed by atoms with E-state index in [4.69, 9.17) is 4.74 Å². The van der Waals surface area contributed by atoms with E-state index in [2.05, 4.69) is 50.5 Å². The summed E-state index contributed by atoms with van der Waals surface area (Å²) in [6.45, 7) is 5.29. The molecule has 1 fully saturated rings. The summed E-state index contributed by atoms with van der Waals surface area (Å²) in [6.07, 6.45) is 3.64. The van der Waals surface area contributed by atoms with Gasteiger partial charge >= 0.3 is 0 Å². The van der Waals surface area contributed by atoms with Crippen LogP contribution in [0.25, 0.3) is 0 Å². The number of hydrogen-bond donors (Lipinski definition) is 2. The molecule has 1 atom stereocenters. The minimum Gasteiger partial charge on any atom is -0.379 e. The Balaban J connectivity index is 1.63. The highest BCUT2D eigenvalue weighted by atomic mass is 16.5. The van der Waals surface area contributed by atoms with E-state index in [1.54, 1.807) is 6.20 Å². The van der Waals surface area contributed by atoms with Crippen LogP contribution >= 0.6 is 0 Å². The molecule has 0 aliphatic carbocycles. The topological polar surface area (TPSA) is 53.2 Å². The van der Waals surface area contributed by atoms with Crippen LogP contribution in [0.5, 0.6) is 0 Å². The van der Waals surface area contributed by atoms with Gasteiger partial charge in [-0.2, -0.15) is 0 Å². The van der Waals surface area contributed by atoms with E-state index in [-0.39, 0.29) is 0 Å². The summed E-state index contributed by atoms with van der Waals surface area (Å²) in [5.41, 5.74) is 1.35. The fraction of sp³-hybridized carbons (Fsp3) is 0.438. The lowest BCUT2D eigenvalue weighted by Gasteiger charge is -2.35. The Labute approximate surface area is 125 Å². The second-order valence-corrected chi connectivity index (χ2v) is 5.24. The van der Waals surface area contributed by atoms with Gasteiger partial charge in [-0.05, 0) is 5.56 Å². The van der Waals surface area contributed by atoms with E-state index >= 15 is 0 Å². The van der Waals surface area contributed by atoms with E-state index in [0.29, 0.717) is 6.04 Å². The van der Waals surface area contributed by atoms with E-state index in [1.165, 1.54) is 5.56 Å². The van der Waals surface area contributed by atoms with Crippen molar-refractivity contribution in [3.05, 3.63) is 54.1 Å². The van der Waals surface area contributed by atoms with Crippen molar-refractivity contribution in [2.24, 2.45) is 0 Å². The Morgan fingerprint density at radius 1 is 1.24 bits per heavy atom. The van der Waals surface area contributed by atoms with Crippen LogP contribution in [0.3, 0.4) is 0 Å². The van der Waals surface area contributed by atoms with Crippen LogP contribution in [0.1, 0.15) is 17.4 Å². The van der Waals surface area contributed by atoms with Crippen molar-refractivity contribution in [1.29, 1.82) is 0 Å². The zero-order valence-corrected chi connectivity index (χ0v) is 12.2. The first-order chi connectivity index (χ1) is 10.4. The maximum atomic E-state index is 5.47. The third kappa shape index (κ3) is 3.91. The molecular formula is C16H22N4O. The van der Waals surface area contributed by atoms with E-state index < -0.39 is 0 Å². The van der Waals surface area contributed by atoms with E-state index in [9.17, 15) is 0 Å². The van der Waals surface area contributed by atoms with Gasteiger partial charge in [0.05, 0.1) is 19.8 Å². The molecule has 0 radical (unpaired) electrons. The molecule has 5 nitrogen and oxygen atoms in total. The average Bonchev–Trinajstić information content (AvgIpc) is 3.07. The Hall–Kier alpha value is -1.69. The van der Waals surface area contributed by atoms with Gasteiger partial charge in [0.15, 0.2) is 0 Å². The predicted octanol–water partition coefficient (Wildman–Crippen LogP) is 1.57. The number of imidazole rings is 1. The van der Waals surface area contributed by atoms with E-state index in [0.717, 1.165) is 45.2 Å². The molecule has 0 spiro atoms. The van der Waals surface area contributed by atoms with Gasteiger partial charge in [-0.15, -0.1) is 0 Å². The number of rotatable bonds is 6. The van der Waals surface area contributed by atoms with Crippen LogP contribution in [-0.2, 0) is 11.3 Å². The number of morpholine rings is 1. The smallest absolute Gasteiger partial charge is 0.120 e. The van der Waals surface area contributed by atoms with Crippen LogP contribution in [-0.4, -0.2) is 47.7 Å². The fourth-order valence-electron chi connectivity index (χ4n) is 2.74. The van der Waals surface area contributed by atoms with Gasteiger partial charge in [-0.25, -0.2) is 4.98 Å². The van der Waals surface area contributed by atoms with Crippen molar-refractivity contribution in [1.82, 2.24) is 20.2 Å². The molecule has 0 saturated carbocycles. The maximum absolute atomic E-state index is 5.47. The summed E-state index contributed by atoms with van der Waals surface area (Å²) in [7, 11) is 0. The Bertz CT molecular complexity index is 508. The minimum atomic E-state index is 0.380. The van der Waals surface area contributed by atoms with Crippen LogP contribution < -0.4 is 5.32 Å². The number of H-pyrrole nitrogens is 1. The summed E-state index contributed by atoms with van der Waals surface area (Å²) in [4.78, 5) is 9.86. The van der Waals surface area contributed by atoms with Crippen molar-refractivity contribution in [3.63, 3.8) is 0 Å². The lowest BCUT2D eigenvalue weighted by atomic mass is 10.0. The molecule has 3 rings (SSSR count). The molecule has 2 heterocycles. The molecule has 1 unspecified atom stereocenters. The molecule has 1 aromatic carbocycles. The number of hydrogen-bond acceptors (Lipinski definition) is 4. The van der Waals surface area contributed by atoms with Crippen LogP contribution in [0.15, 0.2) is 42.7 Å². The van der Waals surface area contributed by atoms with Gasteiger partial charge in [-0.3, -0.25) is 4.90 Å². The Morgan fingerprint density at radius 2 is 2.05 bits per heavy atom. The largest absolute Gasteiger partial charge is 0.379 e. The molecular weight excluding hydrogens is 264 g/mol. The summed E-state index contributed by atoms with van der Waals surface area (Å²) >= 11 is 0. The zero-order valence-electron chi connectivity index (χ0n) is 12.2. The monoisotopic (exact) mass is 286 g/mol. The van der Waals surface area contributed by atoms with Gasteiger partial charge in [0.2, 0.25) is 0 Å². The molecule has 0 bridgehead atoms. The highest BCUT2D eigenvalue weighted by molar-refractivity contribution is 5.19. The van der Waals surface area contributed by atoms with Crippen molar-refractivity contribution in [2.75, 3.05) is 32.8 Å². The highest BCUT2D eigenvalue weighted by Crippen LogP contribution is 2.21. The maximum Gasteiger partial charge on any atom is 0.120 e. The van der Waals surface area contributed by atoms with Gasteiger partial charge in [-0.1, -0.05) is 30.3 Å². The third-order valence-corrected chi connectivity index (χ3v) is 3.86. The highest BCUT2D eigenvalue weighted by Gasteiger charge is 2.22. The van der Waals surface area contributed by atoms with Crippen molar-refractivity contribution < 1.29 is 4.74 Å². The summed E-state index contributed by atoms with van der Waals surface area (Å²) < 4.78 is 5.47. The number of aromatic nitrogens is 2. The molecule has 21 heavy (non-hydrogen) atoms. The molecule has 1 aromatic heterocycles. The van der Waals surface area contributed by atoms with E-state index in [1.807, 2.05) is 6.20 Å². The molecule has 1 aliphatic rings. The quantitative estimate of drug-likeness (QED) is 0.846. The van der Waals surface area contributed by atoms with Crippen molar-refractivity contribution in [3.8, 4) is 0 Å². The minimum absolute atomic E-state index is 0.380. The molecule has 1 saturated heterocycles. The molecule has 2 N–H and O–H groups in total. The second kappa shape index (κ2) is 7.36. The number of benzene rings is 1. The summed E-state index contributed by atoms with van der Waals surface area (Å²) in [5.74, 6) is 0.976. The fourth-order valence-corrected chi connectivity index (χ4v) is 2.74. The van der Waals surface area contributed by atoms with Gasteiger partial charge in [0.1, 0.15) is 5.82 Å². The van der Waals surface area contributed by atoms with Crippen LogP contribution in [0.2, 0.25) is 0 Å². The standard InChI is InChI=1S/C16H22N4O/c1-2-4-14(5-3-1)15(20-8-10-21-11-9-20)12-17-13-16-18-6-7-19-16/h1-7,15,17H,8-13H2,(H,18,19). The molecule has 112 valence electrons. The molecule has 5 heteroatoms. The zero-order chi connectivity index (χ0) is 14.3. The predicted molar refractivity (Wildman–Crippen MR) is 81.9 cm³/mol. The first-order valence-corrected chi connectivity index (χ1v) is 7.49.